The van der Waals surface area contributed by atoms with Gasteiger partial charge in [-0.05, 0) is 25.7 Å². The lowest BCUT2D eigenvalue weighted by Crippen LogP contribution is -2.58. The van der Waals surface area contributed by atoms with Crippen LogP contribution in [0.3, 0.4) is 0 Å². The van der Waals surface area contributed by atoms with Gasteiger partial charge >= 0.3 is 0 Å². The fourth-order valence-corrected chi connectivity index (χ4v) is 4.53. The van der Waals surface area contributed by atoms with Crippen molar-refractivity contribution < 1.29 is 9.53 Å². The standard InChI is InChI=1S/C18H27N5O3/c19-17-20-14(11-15(24)21-17)22-7-5-18(6-8-22)12-23(9-10-26-18)16(25)13-3-1-2-4-13/h11,13H,1-10,12H2,(H3,19,20,21,24). The Morgan fingerprint density at radius 1 is 1.27 bits per heavy atom. The third-order valence-electron chi connectivity index (χ3n) is 6.01. The molecular formula is C18H27N5O3. The lowest BCUT2D eigenvalue weighted by Gasteiger charge is -2.47. The van der Waals surface area contributed by atoms with Crippen LogP contribution >= 0.6 is 0 Å². The topological polar surface area (TPSA) is 105 Å². The summed E-state index contributed by atoms with van der Waals surface area (Å²) in [6.07, 6.45) is 6.05. The van der Waals surface area contributed by atoms with Crippen molar-refractivity contribution in [2.24, 2.45) is 5.92 Å². The Balaban J connectivity index is 1.41. The Bertz CT molecular complexity index is 720. The molecule has 0 bridgehead atoms. The minimum atomic E-state index is -0.268. The summed E-state index contributed by atoms with van der Waals surface area (Å²) in [4.78, 5) is 35.2. The Morgan fingerprint density at radius 2 is 2.00 bits per heavy atom. The number of aromatic nitrogens is 2. The summed E-state index contributed by atoms with van der Waals surface area (Å²) >= 11 is 0. The van der Waals surface area contributed by atoms with Gasteiger partial charge in [0.2, 0.25) is 11.9 Å². The Labute approximate surface area is 152 Å². The van der Waals surface area contributed by atoms with Crippen molar-refractivity contribution in [2.45, 2.75) is 44.1 Å². The third kappa shape index (κ3) is 3.42. The van der Waals surface area contributed by atoms with Gasteiger partial charge in [-0.15, -0.1) is 0 Å². The molecule has 1 aromatic rings. The summed E-state index contributed by atoms with van der Waals surface area (Å²) in [5.74, 6) is 1.27. The fourth-order valence-electron chi connectivity index (χ4n) is 4.53. The van der Waals surface area contributed by atoms with Crippen LogP contribution in [0, 0.1) is 5.92 Å². The molecule has 8 nitrogen and oxygen atoms in total. The van der Waals surface area contributed by atoms with Gasteiger partial charge in [0.15, 0.2) is 0 Å². The van der Waals surface area contributed by atoms with Gasteiger partial charge < -0.3 is 20.3 Å². The predicted molar refractivity (Wildman–Crippen MR) is 97.9 cm³/mol. The molecule has 0 aromatic carbocycles. The summed E-state index contributed by atoms with van der Waals surface area (Å²) in [6.45, 7) is 3.46. The average Bonchev–Trinajstić information content (AvgIpc) is 3.15. The maximum Gasteiger partial charge on any atom is 0.254 e. The van der Waals surface area contributed by atoms with E-state index in [-0.39, 0.29) is 23.0 Å². The highest BCUT2D eigenvalue weighted by Crippen LogP contribution is 2.34. The highest BCUT2D eigenvalue weighted by Gasteiger charge is 2.42. The van der Waals surface area contributed by atoms with Crippen molar-refractivity contribution in [1.82, 2.24) is 14.9 Å². The van der Waals surface area contributed by atoms with Crippen LogP contribution in [0.5, 0.6) is 0 Å². The number of nitrogen functional groups attached to an aromatic ring is 1. The summed E-state index contributed by atoms with van der Waals surface area (Å²) in [5.41, 5.74) is 5.14. The van der Waals surface area contributed by atoms with Crippen molar-refractivity contribution >= 4 is 17.7 Å². The van der Waals surface area contributed by atoms with E-state index in [9.17, 15) is 9.59 Å². The highest BCUT2D eigenvalue weighted by atomic mass is 16.5. The molecule has 1 saturated carbocycles. The van der Waals surface area contributed by atoms with Gasteiger partial charge in [0.1, 0.15) is 5.82 Å². The minimum Gasteiger partial charge on any atom is -0.371 e. The number of nitrogens with one attached hydrogen (secondary N) is 1. The van der Waals surface area contributed by atoms with Gasteiger partial charge in [-0.2, -0.15) is 4.98 Å². The molecule has 0 atom stereocenters. The van der Waals surface area contributed by atoms with E-state index in [1.54, 1.807) is 0 Å². The number of nitrogens with two attached hydrogens (primary N) is 1. The molecule has 1 amide bonds. The zero-order chi connectivity index (χ0) is 18.1. The number of ether oxygens (including phenoxy) is 1. The van der Waals surface area contributed by atoms with E-state index in [0.29, 0.717) is 31.4 Å². The molecule has 1 spiro atoms. The summed E-state index contributed by atoms with van der Waals surface area (Å²) in [6, 6.07) is 1.48. The first-order chi connectivity index (χ1) is 12.5. The van der Waals surface area contributed by atoms with Gasteiger partial charge in [0.25, 0.3) is 5.56 Å². The normalized spacial score (nSPS) is 23.5. The Kier molecular flexibility index (Phi) is 4.60. The van der Waals surface area contributed by atoms with Gasteiger partial charge in [0.05, 0.1) is 12.2 Å². The van der Waals surface area contributed by atoms with E-state index in [1.165, 1.54) is 18.9 Å². The van der Waals surface area contributed by atoms with Crippen molar-refractivity contribution in [3.8, 4) is 0 Å². The van der Waals surface area contributed by atoms with Crippen LogP contribution in [0.2, 0.25) is 0 Å². The molecule has 3 fully saturated rings. The molecule has 0 unspecified atom stereocenters. The molecule has 2 aliphatic heterocycles. The number of carbonyl (C=O) groups excluding carboxylic acids is 1. The van der Waals surface area contributed by atoms with E-state index in [0.717, 1.165) is 38.8 Å². The maximum absolute atomic E-state index is 12.8. The van der Waals surface area contributed by atoms with Crippen molar-refractivity contribution in [1.29, 1.82) is 0 Å². The number of aromatic amines is 1. The number of anilines is 2. The van der Waals surface area contributed by atoms with Gasteiger partial charge in [-0.25, -0.2) is 0 Å². The Morgan fingerprint density at radius 3 is 2.69 bits per heavy atom. The van der Waals surface area contributed by atoms with Crippen molar-refractivity contribution in [3.63, 3.8) is 0 Å². The van der Waals surface area contributed by atoms with Crippen LogP contribution in [0.25, 0.3) is 0 Å². The summed E-state index contributed by atoms with van der Waals surface area (Å²) in [7, 11) is 0. The van der Waals surface area contributed by atoms with Crippen LogP contribution < -0.4 is 16.2 Å². The van der Waals surface area contributed by atoms with E-state index >= 15 is 0 Å². The number of hydrogen-bond acceptors (Lipinski definition) is 6. The van der Waals surface area contributed by atoms with Gasteiger partial charge in [-0.3, -0.25) is 14.6 Å². The highest BCUT2D eigenvalue weighted by molar-refractivity contribution is 5.79. The molecule has 8 heteroatoms. The van der Waals surface area contributed by atoms with Crippen LogP contribution in [0.4, 0.5) is 11.8 Å². The smallest absolute Gasteiger partial charge is 0.254 e. The molecule has 3 heterocycles. The lowest BCUT2D eigenvalue weighted by molar-refractivity contribution is -0.157. The molecule has 4 rings (SSSR count). The van der Waals surface area contributed by atoms with E-state index in [4.69, 9.17) is 10.5 Å². The van der Waals surface area contributed by atoms with Crippen LogP contribution in [-0.4, -0.2) is 59.2 Å². The molecule has 142 valence electrons. The third-order valence-corrected chi connectivity index (χ3v) is 6.01. The summed E-state index contributed by atoms with van der Waals surface area (Å²) < 4.78 is 6.15. The van der Waals surface area contributed by atoms with Crippen molar-refractivity contribution in [2.75, 3.05) is 43.4 Å². The lowest BCUT2D eigenvalue weighted by atomic mass is 9.88. The first-order valence-corrected chi connectivity index (χ1v) is 9.59. The summed E-state index contributed by atoms with van der Waals surface area (Å²) in [5, 5.41) is 0. The van der Waals surface area contributed by atoms with E-state index in [1.807, 2.05) is 4.90 Å². The number of rotatable bonds is 2. The van der Waals surface area contributed by atoms with Crippen LogP contribution in [0.15, 0.2) is 10.9 Å². The predicted octanol–water partition coefficient (Wildman–Crippen LogP) is 0.740. The molecule has 2 saturated heterocycles. The van der Waals surface area contributed by atoms with E-state index in [2.05, 4.69) is 14.9 Å². The first kappa shape index (κ1) is 17.3. The van der Waals surface area contributed by atoms with Crippen molar-refractivity contribution in [3.05, 3.63) is 16.4 Å². The second-order valence-corrected chi connectivity index (χ2v) is 7.75. The monoisotopic (exact) mass is 361 g/mol. The zero-order valence-corrected chi connectivity index (χ0v) is 15.1. The molecule has 3 aliphatic rings. The Hall–Kier alpha value is -2.09. The largest absolute Gasteiger partial charge is 0.371 e. The van der Waals surface area contributed by atoms with Gasteiger partial charge in [0, 0.05) is 38.2 Å². The second kappa shape index (κ2) is 6.90. The molecule has 26 heavy (non-hydrogen) atoms. The zero-order valence-electron chi connectivity index (χ0n) is 15.1. The molecule has 3 N–H and O–H groups in total. The SMILES string of the molecule is Nc1nc(N2CCC3(CC2)CN(C(=O)C2CCCC2)CCO3)cc(=O)[nH]1. The first-order valence-electron chi connectivity index (χ1n) is 9.59. The number of hydrogen-bond donors (Lipinski definition) is 2. The number of morpholine rings is 1. The van der Waals surface area contributed by atoms with E-state index < -0.39 is 0 Å². The number of piperidine rings is 1. The van der Waals surface area contributed by atoms with Gasteiger partial charge in [-0.1, -0.05) is 12.8 Å². The molecule has 1 aliphatic carbocycles. The quantitative estimate of drug-likeness (QED) is 0.805. The number of nitrogens with zero attached hydrogens (tertiary/aromatic N) is 3. The minimum absolute atomic E-state index is 0.134. The molecule has 1 aromatic heterocycles. The van der Waals surface area contributed by atoms with Crippen LogP contribution in [0.1, 0.15) is 38.5 Å². The van der Waals surface area contributed by atoms with Crippen LogP contribution in [-0.2, 0) is 9.53 Å². The number of amides is 1. The number of H-pyrrole nitrogens is 1. The molecular weight excluding hydrogens is 334 g/mol. The fraction of sp³-hybridized carbons (Fsp3) is 0.722. The second-order valence-electron chi connectivity index (χ2n) is 7.75. The number of carbonyl (C=O) groups is 1. The average molecular weight is 361 g/mol. The maximum atomic E-state index is 12.8. The molecule has 0 radical (unpaired) electrons.